The second-order valence-corrected chi connectivity index (χ2v) is 6.09. The lowest BCUT2D eigenvalue weighted by Crippen LogP contribution is -2.50. The summed E-state index contributed by atoms with van der Waals surface area (Å²) in [4.78, 5) is 36.9. The zero-order chi connectivity index (χ0) is 17.6. The number of benzene rings is 1. The molecule has 0 spiro atoms. The number of carbonyl (C=O) groups is 3. The summed E-state index contributed by atoms with van der Waals surface area (Å²) in [6.45, 7) is 1.60. The van der Waals surface area contributed by atoms with Gasteiger partial charge in [-0.05, 0) is 36.6 Å². The number of cyclic esters (lactones) is 2. The lowest BCUT2D eigenvalue weighted by atomic mass is 9.60. The molecule has 0 N–H and O–H groups in total. The number of hydrogen-bond donors (Lipinski definition) is 0. The SMILES string of the molecule is COC(=O)[C@]1(C)c2cc(OC)c(OC)cc2C[C@H]2C(=O)OC(=O)[C@H]21. The minimum absolute atomic E-state index is 0.289. The summed E-state index contributed by atoms with van der Waals surface area (Å²) in [7, 11) is 4.24. The van der Waals surface area contributed by atoms with E-state index in [-0.39, 0.29) is 6.42 Å². The first kappa shape index (κ1) is 16.3. The smallest absolute Gasteiger partial charge is 0.318 e. The Balaban J connectivity index is 2.27. The second-order valence-electron chi connectivity index (χ2n) is 6.09. The van der Waals surface area contributed by atoms with Crippen LogP contribution in [0.15, 0.2) is 12.1 Å². The predicted molar refractivity (Wildman–Crippen MR) is 80.7 cm³/mol. The Morgan fingerprint density at radius 3 is 2.33 bits per heavy atom. The minimum atomic E-state index is -1.34. The Labute approximate surface area is 138 Å². The van der Waals surface area contributed by atoms with Crippen molar-refractivity contribution in [2.45, 2.75) is 18.8 Å². The van der Waals surface area contributed by atoms with Crippen LogP contribution in [0.3, 0.4) is 0 Å². The maximum absolute atomic E-state index is 12.6. The van der Waals surface area contributed by atoms with Gasteiger partial charge in [-0.3, -0.25) is 14.4 Å². The molecule has 128 valence electrons. The van der Waals surface area contributed by atoms with E-state index in [1.54, 1.807) is 19.1 Å². The van der Waals surface area contributed by atoms with E-state index in [1.807, 2.05) is 0 Å². The first-order valence-electron chi connectivity index (χ1n) is 7.47. The molecule has 24 heavy (non-hydrogen) atoms. The molecule has 1 heterocycles. The molecule has 0 amide bonds. The first-order chi connectivity index (χ1) is 11.4. The van der Waals surface area contributed by atoms with Crippen molar-refractivity contribution in [3.63, 3.8) is 0 Å². The highest BCUT2D eigenvalue weighted by Gasteiger charge is 2.61. The van der Waals surface area contributed by atoms with Crippen LogP contribution in [0.2, 0.25) is 0 Å². The van der Waals surface area contributed by atoms with Crippen molar-refractivity contribution < 1.29 is 33.3 Å². The molecule has 1 aromatic rings. The summed E-state index contributed by atoms with van der Waals surface area (Å²) < 4.78 is 20.3. The largest absolute Gasteiger partial charge is 0.493 e. The Kier molecular flexibility index (Phi) is 3.74. The van der Waals surface area contributed by atoms with E-state index in [1.165, 1.54) is 21.3 Å². The Hall–Kier alpha value is -2.57. The first-order valence-corrected chi connectivity index (χ1v) is 7.47. The molecule has 0 aromatic heterocycles. The maximum Gasteiger partial charge on any atom is 0.318 e. The molecule has 7 nitrogen and oxygen atoms in total. The van der Waals surface area contributed by atoms with Gasteiger partial charge in [0.1, 0.15) is 5.41 Å². The third-order valence-corrected chi connectivity index (χ3v) is 5.00. The van der Waals surface area contributed by atoms with Gasteiger partial charge in [0.15, 0.2) is 11.5 Å². The molecule has 1 aliphatic heterocycles. The van der Waals surface area contributed by atoms with Crippen LogP contribution in [0.5, 0.6) is 11.5 Å². The van der Waals surface area contributed by atoms with Crippen molar-refractivity contribution >= 4 is 17.9 Å². The highest BCUT2D eigenvalue weighted by molar-refractivity contribution is 6.02. The van der Waals surface area contributed by atoms with E-state index in [2.05, 4.69) is 0 Å². The molecule has 1 aliphatic carbocycles. The van der Waals surface area contributed by atoms with Crippen molar-refractivity contribution in [2.75, 3.05) is 21.3 Å². The van der Waals surface area contributed by atoms with Gasteiger partial charge in [-0.15, -0.1) is 0 Å². The molecule has 3 atom stereocenters. The monoisotopic (exact) mass is 334 g/mol. The molecule has 0 radical (unpaired) electrons. The molecule has 0 saturated carbocycles. The zero-order valence-corrected chi connectivity index (χ0v) is 13.9. The normalized spacial score (nSPS) is 27.8. The summed E-state index contributed by atoms with van der Waals surface area (Å²) in [6, 6.07) is 3.39. The highest BCUT2D eigenvalue weighted by Crippen LogP contribution is 2.51. The molecule has 3 rings (SSSR count). The Morgan fingerprint density at radius 2 is 1.75 bits per heavy atom. The van der Waals surface area contributed by atoms with Crippen molar-refractivity contribution in [1.29, 1.82) is 0 Å². The lowest BCUT2D eigenvalue weighted by molar-refractivity contribution is -0.158. The zero-order valence-electron chi connectivity index (χ0n) is 13.9. The van der Waals surface area contributed by atoms with Crippen LogP contribution in [0.1, 0.15) is 18.1 Å². The van der Waals surface area contributed by atoms with Crippen LogP contribution in [0.4, 0.5) is 0 Å². The number of carbonyl (C=O) groups excluding carboxylic acids is 3. The fourth-order valence-corrected chi connectivity index (χ4v) is 3.80. The summed E-state index contributed by atoms with van der Waals surface area (Å²) >= 11 is 0. The van der Waals surface area contributed by atoms with Crippen LogP contribution in [-0.2, 0) is 35.7 Å². The number of methoxy groups -OCH3 is 3. The topological polar surface area (TPSA) is 88.1 Å². The second kappa shape index (κ2) is 5.51. The van der Waals surface area contributed by atoms with E-state index in [4.69, 9.17) is 18.9 Å². The minimum Gasteiger partial charge on any atom is -0.493 e. The average molecular weight is 334 g/mol. The lowest BCUT2D eigenvalue weighted by Gasteiger charge is -2.39. The van der Waals surface area contributed by atoms with Gasteiger partial charge in [0.05, 0.1) is 33.2 Å². The molecule has 1 fully saturated rings. The third kappa shape index (κ3) is 2.00. The number of ether oxygens (including phenoxy) is 4. The van der Waals surface area contributed by atoms with Gasteiger partial charge in [-0.2, -0.15) is 0 Å². The fraction of sp³-hybridized carbons (Fsp3) is 0.471. The van der Waals surface area contributed by atoms with Gasteiger partial charge >= 0.3 is 17.9 Å². The van der Waals surface area contributed by atoms with Crippen molar-refractivity contribution in [3.8, 4) is 11.5 Å². The number of fused-ring (bicyclic) bond motifs is 2. The molecular formula is C17H18O7. The van der Waals surface area contributed by atoms with Gasteiger partial charge in [0.25, 0.3) is 0 Å². The molecular weight excluding hydrogens is 316 g/mol. The standard InChI is InChI=1S/C17H18O7/c1-17(16(20)23-4)10-7-12(22-3)11(21-2)6-8(10)5-9-13(17)15(19)24-14(9)18/h6-7,9,13H,5H2,1-4H3/t9-,13+,17-/m1/s1. The number of rotatable bonds is 3. The molecule has 7 heteroatoms. The van der Waals surface area contributed by atoms with Crippen LogP contribution >= 0.6 is 0 Å². The van der Waals surface area contributed by atoms with Crippen LogP contribution in [-0.4, -0.2) is 39.2 Å². The van der Waals surface area contributed by atoms with E-state index >= 15 is 0 Å². The summed E-state index contributed by atoms with van der Waals surface area (Å²) in [5, 5.41) is 0. The Morgan fingerprint density at radius 1 is 1.12 bits per heavy atom. The van der Waals surface area contributed by atoms with Crippen molar-refractivity contribution in [2.24, 2.45) is 11.8 Å². The number of esters is 3. The van der Waals surface area contributed by atoms with Gasteiger partial charge in [0, 0.05) is 0 Å². The van der Waals surface area contributed by atoms with Crippen LogP contribution in [0.25, 0.3) is 0 Å². The van der Waals surface area contributed by atoms with Gasteiger partial charge in [-0.1, -0.05) is 0 Å². The molecule has 0 bridgehead atoms. The van der Waals surface area contributed by atoms with Gasteiger partial charge in [-0.25, -0.2) is 0 Å². The van der Waals surface area contributed by atoms with E-state index in [9.17, 15) is 14.4 Å². The van der Waals surface area contributed by atoms with Gasteiger partial charge < -0.3 is 18.9 Å². The quantitative estimate of drug-likeness (QED) is 0.602. The molecule has 1 saturated heterocycles. The van der Waals surface area contributed by atoms with Crippen LogP contribution in [0, 0.1) is 11.8 Å². The fourth-order valence-electron chi connectivity index (χ4n) is 3.80. The summed E-state index contributed by atoms with van der Waals surface area (Å²) in [6.07, 6.45) is 0.289. The predicted octanol–water partition coefficient (Wildman–Crippen LogP) is 1.01. The van der Waals surface area contributed by atoms with E-state index in [0.717, 1.165) is 5.56 Å². The molecule has 0 unspecified atom stereocenters. The average Bonchev–Trinajstić information content (AvgIpc) is 2.87. The van der Waals surface area contributed by atoms with Gasteiger partial charge in [0.2, 0.25) is 0 Å². The molecule has 2 aliphatic rings. The van der Waals surface area contributed by atoms with Crippen molar-refractivity contribution in [1.82, 2.24) is 0 Å². The third-order valence-electron chi connectivity index (χ3n) is 5.00. The maximum atomic E-state index is 12.6. The van der Waals surface area contributed by atoms with E-state index in [0.29, 0.717) is 17.1 Å². The molecule has 1 aromatic carbocycles. The van der Waals surface area contributed by atoms with Crippen LogP contribution < -0.4 is 9.47 Å². The van der Waals surface area contributed by atoms with E-state index < -0.39 is 35.2 Å². The summed E-state index contributed by atoms with van der Waals surface area (Å²) in [5.74, 6) is -2.62. The number of hydrogen-bond acceptors (Lipinski definition) is 7. The van der Waals surface area contributed by atoms with Crippen molar-refractivity contribution in [3.05, 3.63) is 23.3 Å². The summed E-state index contributed by atoms with van der Waals surface area (Å²) in [5.41, 5.74) is -0.0242. The Bertz CT molecular complexity index is 739. The highest BCUT2D eigenvalue weighted by atomic mass is 16.6.